The lowest BCUT2D eigenvalue weighted by Crippen LogP contribution is -2.60. The van der Waals surface area contributed by atoms with Crippen LogP contribution < -0.4 is 9.64 Å². The van der Waals surface area contributed by atoms with Crippen LogP contribution in [-0.4, -0.2) is 63.9 Å². The van der Waals surface area contributed by atoms with Gasteiger partial charge in [-0.3, -0.25) is 4.79 Å². The minimum Gasteiger partial charge on any atom is -0.496 e. The van der Waals surface area contributed by atoms with E-state index in [9.17, 15) is 4.79 Å². The molecule has 1 amide bonds. The predicted molar refractivity (Wildman–Crippen MR) is 108 cm³/mol. The molecule has 1 saturated heterocycles. The highest BCUT2D eigenvalue weighted by molar-refractivity contribution is 5.97. The molecule has 0 unspecified atom stereocenters. The molecule has 3 aromatic rings. The van der Waals surface area contributed by atoms with E-state index in [1.54, 1.807) is 18.1 Å². The highest BCUT2D eigenvalue weighted by atomic mass is 16.5. The number of para-hydroxylation sites is 1. The van der Waals surface area contributed by atoms with Crippen molar-refractivity contribution in [1.82, 2.24) is 24.7 Å². The number of carbonyl (C=O) groups is 1. The van der Waals surface area contributed by atoms with Crippen LogP contribution in [0.2, 0.25) is 0 Å². The zero-order chi connectivity index (χ0) is 20.0. The average Bonchev–Trinajstić information content (AvgIpc) is 3.08. The summed E-state index contributed by atoms with van der Waals surface area (Å²) in [5.74, 6) is 2.91. The molecule has 1 saturated carbocycles. The van der Waals surface area contributed by atoms with Crippen LogP contribution in [0.25, 0.3) is 5.65 Å². The minimum absolute atomic E-state index is 0.0263. The fourth-order valence-corrected chi connectivity index (χ4v) is 3.95. The number of hydrogen-bond acceptors (Lipinski definition) is 6. The zero-order valence-corrected chi connectivity index (χ0v) is 16.7. The van der Waals surface area contributed by atoms with Gasteiger partial charge in [-0.15, -0.1) is 15.3 Å². The second-order valence-corrected chi connectivity index (χ2v) is 7.82. The summed E-state index contributed by atoms with van der Waals surface area (Å²) in [6, 6.07) is 11.4. The van der Waals surface area contributed by atoms with E-state index in [0.717, 1.165) is 43.2 Å². The minimum atomic E-state index is -0.0263. The van der Waals surface area contributed by atoms with Gasteiger partial charge < -0.3 is 14.5 Å². The fourth-order valence-electron chi connectivity index (χ4n) is 3.95. The Morgan fingerprint density at radius 3 is 2.66 bits per heavy atom. The number of fused-ring (bicyclic) bond motifs is 1. The maximum atomic E-state index is 12.9. The summed E-state index contributed by atoms with van der Waals surface area (Å²) in [6.07, 6.45) is 3.57. The Hall–Kier alpha value is -3.16. The first-order valence-electron chi connectivity index (χ1n) is 10.0. The van der Waals surface area contributed by atoms with Gasteiger partial charge in [0.2, 0.25) is 0 Å². The zero-order valence-electron chi connectivity index (χ0n) is 16.7. The van der Waals surface area contributed by atoms with Gasteiger partial charge in [-0.05, 0) is 37.1 Å². The van der Waals surface area contributed by atoms with Crippen molar-refractivity contribution in [3.05, 3.63) is 47.8 Å². The van der Waals surface area contributed by atoms with Gasteiger partial charge in [0.15, 0.2) is 11.5 Å². The molecule has 3 heterocycles. The summed E-state index contributed by atoms with van der Waals surface area (Å²) < 4.78 is 7.22. The molecule has 0 spiro atoms. The number of likely N-dealkylation sites (N-methyl/N-ethyl adjacent to an activating group) is 1. The molecule has 0 atom stereocenters. The molecule has 2 fully saturated rings. The Labute approximate surface area is 169 Å². The molecular weight excluding hydrogens is 368 g/mol. The number of hydrogen-bond donors (Lipinski definition) is 0. The second-order valence-electron chi connectivity index (χ2n) is 7.82. The maximum Gasteiger partial charge on any atom is 0.257 e. The SMILES string of the molecule is COc1ccccc1C(=O)N(C)C1CN(c2ccc3nnc(C4CCC4)n3n2)C1. The highest BCUT2D eigenvalue weighted by Gasteiger charge is 2.35. The third kappa shape index (κ3) is 2.99. The van der Waals surface area contributed by atoms with Crippen LogP contribution in [0.5, 0.6) is 5.75 Å². The van der Waals surface area contributed by atoms with E-state index < -0.39 is 0 Å². The number of ether oxygens (including phenoxy) is 1. The first-order chi connectivity index (χ1) is 14.2. The number of benzene rings is 1. The Bertz CT molecular complexity index is 1050. The van der Waals surface area contributed by atoms with E-state index in [4.69, 9.17) is 9.84 Å². The van der Waals surface area contributed by atoms with Gasteiger partial charge in [-0.1, -0.05) is 18.6 Å². The molecule has 0 radical (unpaired) electrons. The van der Waals surface area contributed by atoms with E-state index in [1.165, 1.54) is 6.42 Å². The van der Waals surface area contributed by atoms with E-state index >= 15 is 0 Å². The van der Waals surface area contributed by atoms with Gasteiger partial charge in [0, 0.05) is 26.1 Å². The first kappa shape index (κ1) is 17.9. The van der Waals surface area contributed by atoms with Gasteiger partial charge >= 0.3 is 0 Å². The molecule has 2 aliphatic rings. The summed E-state index contributed by atoms with van der Waals surface area (Å²) in [5.41, 5.74) is 1.38. The standard InChI is InChI=1S/C21H24N6O2/c1-25(21(28)16-8-3-4-9-17(16)29-2)15-12-26(13-15)19-11-10-18-22-23-20(27(18)24-19)14-6-5-7-14/h3-4,8-11,14-15H,5-7,12-13H2,1-2H3. The molecule has 1 aromatic carbocycles. The van der Waals surface area contributed by atoms with Gasteiger partial charge in [0.25, 0.3) is 5.91 Å². The molecular formula is C21H24N6O2. The van der Waals surface area contributed by atoms with Crippen LogP contribution in [0.15, 0.2) is 36.4 Å². The fraction of sp³-hybridized carbons (Fsp3) is 0.429. The number of anilines is 1. The third-order valence-electron chi connectivity index (χ3n) is 6.13. The van der Waals surface area contributed by atoms with Crippen molar-refractivity contribution < 1.29 is 9.53 Å². The normalized spacial score (nSPS) is 17.1. The van der Waals surface area contributed by atoms with Crippen LogP contribution in [-0.2, 0) is 0 Å². The van der Waals surface area contributed by atoms with E-state index in [0.29, 0.717) is 17.2 Å². The van der Waals surface area contributed by atoms with Crippen molar-refractivity contribution in [3.63, 3.8) is 0 Å². The smallest absolute Gasteiger partial charge is 0.257 e. The molecule has 1 aliphatic heterocycles. The lowest BCUT2D eigenvalue weighted by Gasteiger charge is -2.44. The van der Waals surface area contributed by atoms with Gasteiger partial charge in [-0.2, -0.15) is 4.52 Å². The largest absolute Gasteiger partial charge is 0.496 e. The van der Waals surface area contributed by atoms with Crippen molar-refractivity contribution in [3.8, 4) is 5.75 Å². The number of aromatic nitrogens is 4. The van der Waals surface area contributed by atoms with Crippen molar-refractivity contribution in [1.29, 1.82) is 0 Å². The Balaban J connectivity index is 1.29. The molecule has 1 aliphatic carbocycles. The quantitative estimate of drug-likeness (QED) is 0.664. The molecule has 0 N–H and O–H groups in total. The van der Waals surface area contributed by atoms with Gasteiger partial charge in [-0.25, -0.2) is 0 Å². The lowest BCUT2D eigenvalue weighted by molar-refractivity contribution is 0.0701. The van der Waals surface area contributed by atoms with Crippen molar-refractivity contribution >= 4 is 17.4 Å². The summed E-state index contributed by atoms with van der Waals surface area (Å²) in [4.78, 5) is 16.9. The molecule has 0 bridgehead atoms. The van der Waals surface area contributed by atoms with Crippen LogP contribution in [0.4, 0.5) is 5.82 Å². The monoisotopic (exact) mass is 392 g/mol. The molecule has 150 valence electrons. The van der Waals surface area contributed by atoms with Crippen molar-refractivity contribution in [2.45, 2.75) is 31.2 Å². The Kier molecular flexibility index (Phi) is 4.34. The number of amides is 1. The molecule has 5 rings (SSSR count). The maximum absolute atomic E-state index is 12.9. The first-order valence-corrected chi connectivity index (χ1v) is 10.0. The Morgan fingerprint density at radius 1 is 1.14 bits per heavy atom. The number of nitrogens with zero attached hydrogens (tertiary/aromatic N) is 6. The van der Waals surface area contributed by atoms with E-state index in [1.807, 2.05) is 41.9 Å². The van der Waals surface area contributed by atoms with E-state index in [-0.39, 0.29) is 11.9 Å². The van der Waals surface area contributed by atoms with E-state index in [2.05, 4.69) is 15.1 Å². The van der Waals surface area contributed by atoms with Gasteiger partial charge in [0.1, 0.15) is 11.6 Å². The summed E-state index contributed by atoms with van der Waals surface area (Å²) in [7, 11) is 3.43. The second kappa shape index (κ2) is 7.02. The highest BCUT2D eigenvalue weighted by Crippen LogP contribution is 2.35. The van der Waals surface area contributed by atoms with Crippen LogP contribution in [0.3, 0.4) is 0 Å². The van der Waals surface area contributed by atoms with Gasteiger partial charge in [0.05, 0.1) is 18.7 Å². The molecule has 8 heteroatoms. The van der Waals surface area contributed by atoms with Crippen LogP contribution in [0.1, 0.15) is 41.4 Å². The third-order valence-corrected chi connectivity index (χ3v) is 6.13. The predicted octanol–water partition coefficient (Wildman–Crippen LogP) is 2.36. The topological polar surface area (TPSA) is 75.9 Å². The average molecular weight is 392 g/mol. The lowest BCUT2D eigenvalue weighted by atomic mass is 9.85. The van der Waals surface area contributed by atoms with Crippen LogP contribution >= 0.6 is 0 Å². The number of carbonyl (C=O) groups excluding carboxylic acids is 1. The van der Waals surface area contributed by atoms with Crippen molar-refractivity contribution in [2.24, 2.45) is 0 Å². The Morgan fingerprint density at radius 2 is 1.93 bits per heavy atom. The summed E-state index contributed by atoms with van der Waals surface area (Å²) >= 11 is 0. The van der Waals surface area contributed by atoms with Crippen LogP contribution in [0, 0.1) is 0 Å². The summed E-state index contributed by atoms with van der Waals surface area (Å²) in [6.45, 7) is 1.49. The molecule has 2 aromatic heterocycles. The molecule has 29 heavy (non-hydrogen) atoms. The van der Waals surface area contributed by atoms with Crippen molar-refractivity contribution in [2.75, 3.05) is 32.1 Å². The molecule has 8 nitrogen and oxygen atoms in total. The summed E-state index contributed by atoms with van der Waals surface area (Å²) in [5, 5.41) is 13.4. The number of methoxy groups -OCH3 is 1. The number of rotatable bonds is 5.